The molecule has 0 radical (unpaired) electrons. The van der Waals surface area contributed by atoms with Crippen LogP contribution in [0.5, 0.6) is 0 Å². The molecule has 1 nitrogen and oxygen atoms in total. The average Bonchev–Trinajstić information content (AvgIpc) is 2.47. The van der Waals surface area contributed by atoms with Crippen molar-refractivity contribution < 1.29 is 4.39 Å². The van der Waals surface area contributed by atoms with Crippen molar-refractivity contribution in [2.45, 2.75) is 25.8 Å². The molecular formula is C17H18BrClFN. The lowest BCUT2D eigenvalue weighted by Gasteiger charge is -2.19. The molecule has 0 spiro atoms. The highest BCUT2D eigenvalue weighted by atomic mass is 79.9. The van der Waals surface area contributed by atoms with Gasteiger partial charge in [0.1, 0.15) is 5.82 Å². The second-order valence-corrected chi connectivity index (χ2v) is 6.31. The highest BCUT2D eigenvalue weighted by molar-refractivity contribution is 9.10. The summed E-state index contributed by atoms with van der Waals surface area (Å²) in [6, 6.07) is 13.2. The highest BCUT2D eigenvalue weighted by Gasteiger charge is 2.13. The number of hydrogen-bond acceptors (Lipinski definition) is 1. The quantitative estimate of drug-likeness (QED) is 0.705. The highest BCUT2D eigenvalue weighted by Crippen LogP contribution is 2.24. The molecule has 0 heterocycles. The Morgan fingerprint density at radius 3 is 2.71 bits per heavy atom. The third-order valence-electron chi connectivity index (χ3n) is 3.32. The van der Waals surface area contributed by atoms with Crippen molar-refractivity contribution in [3.05, 3.63) is 68.9 Å². The first kappa shape index (κ1) is 16.5. The normalized spacial score (nSPS) is 12.4. The minimum Gasteiger partial charge on any atom is -0.310 e. The summed E-state index contributed by atoms with van der Waals surface area (Å²) >= 11 is 9.33. The molecule has 0 aliphatic rings. The Hall–Kier alpha value is -0.900. The topological polar surface area (TPSA) is 12.0 Å². The average molecular weight is 371 g/mol. The van der Waals surface area contributed by atoms with Gasteiger partial charge in [0.15, 0.2) is 0 Å². The predicted octanol–water partition coefficient (Wildman–Crippen LogP) is 5.53. The van der Waals surface area contributed by atoms with E-state index in [2.05, 4.69) is 34.2 Å². The molecule has 21 heavy (non-hydrogen) atoms. The summed E-state index contributed by atoms with van der Waals surface area (Å²) in [4.78, 5) is 0. The fourth-order valence-electron chi connectivity index (χ4n) is 2.25. The van der Waals surface area contributed by atoms with Crippen LogP contribution in [0.15, 0.2) is 46.9 Å². The van der Waals surface area contributed by atoms with E-state index in [9.17, 15) is 4.39 Å². The number of nitrogens with one attached hydrogen (secondary N) is 1. The predicted molar refractivity (Wildman–Crippen MR) is 90.3 cm³/mol. The van der Waals surface area contributed by atoms with Gasteiger partial charge in [-0.1, -0.05) is 36.7 Å². The molecule has 0 aliphatic heterocycles. The Morgan fingerprint density at radius 1 is 1.24 bits per heavy atom. The lowest BCUT2D eigenvalue weighted by atomic mass is 9.98. The molecule has 1 unspecified atom stereocenters. The van der Waals surface area contributed by atoms with Crippen LogP contribution in [0.25, 0.3) is 0 Å². The zero-order chi connectivity index (χ0) is 15.2. The summed E-state index contributed by atoms with van der Waals surface area (Å²) in [6.07, 6.45) is 1.85. The maximum absolute atomic E-state index is 13.3. The van der Waals surface area contributed by atoms with Gasteiger partial charge in [-0.25, -0.2) is 4.39 Å². The first-order valence-corrected chi connectivity index (χ1v) is 8.20. The van der Waals surface area contributed by atoms with Crippen molar-refractivity contribution in [3.63, 3.8) is 0 Å². The van der Waals surface area contributed by atoms with Gasteiger partial charge in [0, 0.05) is 11.1 Å². The molecular weight excluding hydrogens is 353 g/mol. The molecule has 1 N–H and O–H groups in total. The fraction of sp³-hybridized carbons (Fsp3) is 0.294. The monoisotopic (exact) mass is 369 g/mol. The first-order valence-electron chi connectivity index (χ1n) is 7.03. The Kier molecular flexibility index (Phi) is 6.22. The summed E-state index contributed by atoms with van der Waals surface area (Å²) in [6.45, 7) is 3.07. The molecule has 0 aliphatic carbocycles. The van der Waals surface area contributed by atoms with E-state index in [0.717, 1.165) is 35.5 Å². The van der Waals surface area contributed by atoms with E-state index in [1.54, 1.807) is 0 Å². The maximum Gasteiger partial charge on any atom is 0.137 e. The van der Waals surface area contributed by atoms with Gasteiger partial charge >= 0.3 is 0 Å². The zero-order valence-electron chi connectivity index (χ0n) is 11.9. The van der Waals surface area contributed by atoms with Gasteiger partial charge in [0.2, 0.25) is 0 Å². The smallest absolute Gasteiger partial charge is 0.137 e. The molecule has 4 heteroatoms. The van der Waals surface area contributed by atoms with E-state index < -0.39 is 0 Å². The van der Waals surface area contributed by atoms with Crippen LogP contribution in [-0.4, -0.2) is 6.54 Å². The molecule has 2 rings (SSSR count). The standard InChI is InChI=1S/C17H18BrClFN/c1-2-8-21-17(13-4-3-5-14(19)11-13)10-12-6-7-16(20)15(18)9-12/h3-7,9,11,17,21H,2,8,10H2,1H3. The fourth-order valence-corrected chi connectivity index (χ4v) is 2.88. The van der Waals surface area contributed by atoms with E-state index in [1.165, 1.54) is 6.07 Å². The van der Waals surface area contributed by atoms with E-state index in [4.69, 9.17) is 11.6 Å². The van der Waals surface area contributed by atoms with Crippen molar-refractivity contribution in [1.29, 1.82) is 0 Å². The van der Waals surface area contributed by atoms with Crippen LogP contribution >= 0.6 is 27.5 Å². The second-order valence-electron chi connectivity index (χ2n) is 5.01. The molecule has 2 aromatic carbocycles. The zero-order valence-corrected chi connectivity index (χ0v) is 14.2. The second kappa shape index (κ2) is 7.92. The van der Waals surface area contributed by atoms with Crippen LogP contribution < -0.4 is 5.32 Å². The van der Waals surface area contributed by atoms with Gasteiger partial charge in [0.25, 0.3) is 0 Å². The molecule has 0 bridgehead atoms. The van der Waals surface area contributed by atoms with Crippen LogP contribution in [0.3, 0.4) is 0 Å². The third kappa shape index (κ3) is 4.80. The number of benzene rings is 2. The van der Waals surface area contributed by atoms with Crippen LogP contribution in [-0.2, 0) is 6.42 Å². The summed E-state index contributed by atoms with van der Waals surface area (Å²) in [7, 11) is 0. The van der Waals surface area contributed by atoms with Crippen molar-refractivity contribution in [1.82, 2.24) is 5.32 Å². The molecule has 0 saturated heterocycles. The van der Waals surface area contributed by atoms with E-state index in [1.807, 2.05) is 30.3 Å². The summed E-state index contributed by atoms with van der Waals surface area (Å²) in [5.41, 5.74) is 2.23. The lowest BCUT2D eigenvalue weighted by Crippen LogP contribution is -2.24. The van der Waals surface area contributed by atoms with Gasteiger partial charge in [-0.2, -0.15) is 0 Å². The van der Waals surface area contributed by atoms with Crippen molar-refractivity contribution in [3.8, 4) is 0 Å². The Labute approximate surface area is 138 Å². The number of halogens is 3. The molecule has 0 saturated carbocycles. The molecule has 0 aromatic heterocycles. The SMILES string of the molecule is CCCNC(Cc1ccc(F)c(Br)c1)c1cccc(Cl)c1. The van der Waals surface area contributed by atoms with Crippen LogP contribution in [0.4, 0.5) is 4.39 Å². The molecule has 0 amide bonds. The van der Waals surface area contributed by atoms with Gasteiger partial charge < -0.3 is 5.32 Å². The van der Waals surface area contributed by atoms with Crippen LogP contribution in [0.2, 0.25) is 5.02 Å². The van der Waals surface area contributed by atoms with Gasteiger partial charge in [-0.15, -0.1) is 0 Å². The first-order chi connectivity index (χ1) is 10.1. The van der Waals surface area contributed by atoms with Gasteiger partial charge in [-0.05, 0) is 70.7 Å². The lowest BCUT2D eigenvalue weighted by molar-refractivity contribution is 0.528. The minimum atomic E-state index is -0.237. The molecule has 1 atom stereocenters. The summed E-state index contributed by atoms with van der Waals surface area (Å²) < 4.78 is 13.8. The van der Waals surface area contributed by atoms with Crippen LogP contribution in [0, 0.1) is 5.82 Å². The van der Waals surface area contributed by atoms with Crippen LogP contribution in [0.1, 0.15) is 30.5 Å². The molecule has 112 valence electrons. The third-order valence-corrected chi connectivity index (χ3v) is 4.16. The van der Waals surface area contributed by atoms with Crippen molar-refractivity contribution >= 4 is 27.5 Å². The summed E-state index contributed by atoms with van der Waals surface area (Å²) in [5.74, 6) is -0.237. The number of rotatable bonds is 6. The van der Waals surface area contributed by atoms with E-state index in [0.29, 0.717) is 4.47 Å². The Morgan fingerprint density at radius 2 is 2.05 bits per heavy atom. The van der Waals surface area contributed by atoms with Crippen molar-refractivity contribution in [2.75, 3.05) is 6.54 Å². The van der Waals surface area contributed by atoms with Crippen molar-refractivity contribution in [2.24, 2.45) is 0 Å². The number of hydrogen-bond donors (Lipinski definition) is 1. The Bertz CT molecular complexity index is 603. The maximum atomic E-state index is 13.3. The van der Waals surface area contributed by atoms with E-state index >= 15 is 0 Å². The molecule has 0 fully saturated rings. The van der Waals surface area contributed by atoms with E-state index in [-0.39, 0.29) is 11.9 Å². The Balaban J connectivity index is 2.21. The van der Waals surface area contributed by atoms with Gasteiger partial charge in [0.05, 0.1) is 4.47 Å². The minimum absolute atomic E-state index is 0.168. The largest absolute Gasteiger partial charge is 0.310 e. The van der Waals surface area contributed by atoms with Gasteiger partial charge in [-0.3, -0.25) is 0 Å². The molecule has 2 aromatic rings. The summed E-state index contributed by atoms with van der Waals surface area (Å²) in [5, 5.41) is 4.26.